The smallest absolute Gasteiger partial charge is 0.171 e. The molecule has 0 amide bonds. The highest BCUT2D eigenvalue weighted by Crippen LogP contribution is 1.83. The summed E-state index contributed by atoms with van der Waals surface area (Å²) in [4.78, 5) is 12.7. The van der Waals surface area contributed by atoms with Gasteiger partial charge >= 0.3 is 0 Å². The first-order valence-electron chi connectivity index (χ1n) is 1.61. The monoisotopic (exact) mass is 99.0 g/mol. The molecule has 0 fully saturated rings. The van der Waals surface area contributed by atoms with Crippen LogP contribution in [0.4, 0.5) is 0 Å². The van der Waals surface area contributed by atoms with Crippen LogP contribution in [-0.4, -0.2) is 18.1 Å². The van der Waals surface area contributed by atoms with E-state index in [9.17, 15) is 4.79 Å². The summed E-state index contributed by atoms with van der Waals surface area (Å²) in [6.45, 7) is 2.99. The minimum atomic E-state index is -0.0556. The van der Waals surface area contributed by atoms with Crippen molar-refractivity contribution in [2.75, 3.05) is 0 Å². The summed E-state index contributed by atoms with van der Waals surface area (Å²) in [6, 6.07) is 0. The molecule has 0 atom stereocenters. The number of allylic oxidation sites excluding steroid dienone is 1. The molecule has 1 N–H and O–H groups in total. The van der Waals surface area contributed by atoms with Crippen molar-refractivity contribution in [2.45, 2.75) is 0 Å². The van der Waals surface area contributed by atoms with Gasteiger partial charge in [0.25, 0.3) is 0 Å². The maximum atomic E-state index is 9.61. The van der Waals surface area contributed by atoms with Crippen LogP contribution in [-0.2, 0) is 4.79 Å². The van der Waals surface area contributed by atoms with Crippen LogP contribution >= 0.6 is 0 Å². The van der Waals surface area contributed by atoms with Gasteiger partial charge in [0.2, 0.25) is 0 Å². The van der Waals surface area contributed by atoms with Gasteiger partial charge < -0.3 is 5.11 Å². The van der Waals surface area contributed by atoms with E-state index in [4.69, 9.17) is 5.11 Å². The molecule has 0 aromatic heterocycles. The molecule has 0 bridgehead atoms. The van der Waals surface area contributed by atoms with Crippen molar-refractivity contribution in [1.82, 2.24) is 0 Å². The summed E-state index contributed by atoms with van der Waals surface area (Å²) in [5.41, 5.74) is -0.0556. The summed E-state index contributed by atoms with van der Waals surface area (Å²) in [5.74, 6) is 0. The number of hydrogen-bond donors (Lipinski definition) is 1. The minimum absolute atomic E-state index is 0.0556. The van der Waals surface area contributed by atoms with E-state index in [0.717, 1.165) is 0 Å². The lowest BCUT2D eigenvalue weighted by Gasteiger charge is -1.77. The van der Waals surface area contributed by atoms with E-state index >= 15 is 0 Å². The summed E-state index contributed by atoms with van der Waals surface area (Å²) in [6.07, 6.45) is 1.01. The molecule has 0 aromatic rings. The van der Waals surface area contributed by atoms with Gasteiger partial charge in [-0.3, -0.25) is 9.79 Å². The first-order chi connectivity index (χ1) is 3.35. The number of aliphatic hydroxyl groups is 1. The lowest BCUT2D eigenvalue weighted by atomic mass is 10.6. The van der Waals surface area contributed by atoms with Crippen molar-refractivity contribution < 1.29 is 9.90 Å². The Kier molecular flexibility index (Phi) is 2.59. The lowest BCUT2D eigenvalue weighted by Crippen LogP contribution is -1.75. The van der Waals surface area contributed by atoms with E-state index in [2.05, 4.69) is 11.7 Å². The SMILES string of the molecule is C=N/C(C=O)=C\O. The van der Waals surface area contributed by atoms with Gasteiger partial charge in [-0.25, -0.2) is 0 Å². The topological polar surface area (TPSA) is 49.7 Å². The molecular weight excluding hydrogens is 94.0 g/mol. The first-order valence-corrected chi connectivity index (χ1v) is 1.61. The van der Waals surface area contributed by atoms with E-state index in [1.165, 1.54) is 0 Å². The lowest BCUT2D eigenvalue weighted by molar-refractivity contribution is -0.105. The molecule has 38 valence electrons. The first kappa shape index (κ1) is 5.88. The quantitative estimate of drug-likeness (QED) is 0.234. The number of aldehydes is 1. The van der Waals surface area contributed by atoms with Gasteiger partial charge in [0, 0.05) is 0 Å². The zero-order valence-electron chi connectivity index (χ0n) is 3.66. The number of carbonyl (C=O) groups is 1. The van der Waals surface area contributed by atoms with Crippen LogP contribution in [0.15, 0.2) is 17.0 Å². The van der Waals surface area contributed by atoms with Gasteiger partial charge in [-0.2, -0.15) is 0 Å². The molecule has 0 saturated carbocycles. The van der Waals surface area contributed by atoms with E-state index in [1.807, 2.05) is 0 Å². The molecule has 3 heteroatoms. The van der Waals surface area contributed by atoms with E-state index in [0.29, 0.717) is 12.5 Å². The number of carbonyl (C=O) groups excluding carboxylic acids is 1. The molecule has 0 aliphatic heterocycles. The highest BCUT2D eigenvalue weighted by atomic mass is 16.2. The van der Waals surface area contributed by atoms with Crippen LogP contribution in [0, 0.1) is 0 Å². The Bertz CT molecular complexity index is 96.3. The van der Waals surface area contributed by atoms with Crippen LogP contribution in [0.25, 0.3) is 0 Å². The predicted octanol–water partition coefficient (Wildman–Crippen LogP) is 0.285. The molecule has 0 aliphatic rings. The Hall–Kier alpha value is -1.12. The highest BCUT2D eigenvalue weighted by molar-refractivity contribution is 5.73. The maximum absolute atomic E-state index is 9.61. The molecule has 0 spiro atoms. The Balaban J connectivity index is 3.85. The standard InChI is InChI=1S/C4H5NO2/c1-5-4(2-6)3-7/h2-3,6H,1H2/b4-2-. The van der Waals surface area contributed by atoms with Crippen molar-refractivity contribution >= 4 is 13.0 Å². The Morgan fingerprint density at radius 1 is 1.86 bits per heavy atom. The molecule has 0 rings (SSSR count). The van der Waals surface area contributed by atoms with Crippen LogP contribution < -0.4 is 0 Å². The molecular formula is C4H5NO2. The van der Waals surface area contributed by atoms with Gasteiger partial charge in [-0.1, -0.05) is 0 Å². The second-order valence-corrected chi connectivity index (χ2v) is 0.830. The summed E-state index contributed by atoms with van der Waals surface area (Å²) in [5, 5.41) is 8.00. The molecule has 7 heavy (non-hydrogen) atoms. The van der Waals surface area contributed by atoms with Gasteiger partial charge in [0.05, 0.1) is 0 Å². The Morgan fingerprint density at radius 2 is 2.43 bits per heavy atom. The number of rotatable bonds is 2. The summed E-state index contributed by atoms with van der Waals surface area (Å²) < 4.78 is 0. The molecule has 0 aliphatic carbocycles. The fourth-order valence-corrected chi connectivity index (χ4v) is 0.109. The normalized spacial score (nSPS) is 10.6. The van der Waals surface area contributed by atoms with E-state index < -0.39 is 0 Å². The third-order valence-corrected chi connectivity index (χ3v) is 0.436. The molecule has 0 aromatic carbocycles. The van der Waals surface area contributed by atoms with Crippen LogP contribution in [0.3, 0.4) is 0 Å². The molecule has 0 unspecified atom stereocenters. The summed E-state index contributed by atoms with van der Waals surface area (Å²) in [7, 11) is 0. The van der Waals surface area contributed by atoms with Crippen molar-refractivity contribution in [2.24, 2.45) is 4.99 Å². The number of nitrogens with zero attached hydrogens (tertiary/aromatic N) is 1. The number of hydrogen-bond acceptors (Lipinski definition) is 3. The van der Waals surface area contributed by atoms with Crippen molar-refractivity contribution in [3.8, 4) is 0 Å². The minimum Gasteiger partial charge on any atom is -0.513 e. The molecule has 3 nitrogen and oxygen atoms in total. The van der Waals surface area contributed by atoms with Crippen LogP contribution in [0.2, 0.25) is 0 Å². The van der Waals surface area contributed by atoms with Crippen molar-refractivity contribution in [3.63, 3.8) is 0 Å². The zero-order chi connectivity index (χ0) is 5.70. The number of aliphatic hydroxyl groups excluding tert-OH is 1. The predicted molar refractivity (Wildman–Crippen MR) is 26.3 cm³/mol. The van der Waals surface area contributed by atoms with Gasteiger partial charge in [-0.15, -0.1) is 0 Å². The fraction of sp³-hybridized carbons (Fsp3) is 0. The third-order valence-electron chi connectivity index (χ3n) is 0.436. The summed E-state index contributed by atoms with van der Waals surface area (Å²) >= 11 is 0. The second-order valence-electron chi connectivity index (χ2n) is 0.830. The molecule has 0 radical (unpaired) electrons. The Labute approximate surface area is 41.0 Å². The maximum Gasteiger partial charge on any atom is 0.171 e. The van der Waals surface area contributed by atoms with E-state index in [-0.39, 0.29) is 5.70 Å². The molecule has 0 heterocycles. The second kappa shape index (κ2) is 3.08. The Morgan fingerprint density at radius 3 is 2.43 bits per heavy atom. The largest absolute Gasteiger partial charge is 0.513 e. The van der Waals surface area contributed by atoms with Crippen molar-refractivity contribution in [3.05, 3.63) is 12.0 Å². The van der Waals surface area contributed by atoms with Crippen LogP contribution in [0.5, 0.6) is 0 Å². The fourth-order valence-electron chi connectivity index (χ4n) is 0.109. The number of aliphatic imine (C=N–C) groups is 1. The van der Waals surface area contributed by atoms with Crippen molar-refractivity contribution in [1.29, 1.82) is 0 Å². The third kappa shape index (κ3) is 1.70. The van der Waals surface area contributed by atoms with Crippen LogP contribution in [0.1, 0.15) is 0 Å². The van der Waals surface area contributed by atoms with Gasteiger partial charge in [-0.05, 0) is 6.72 Å². The van der Waals surface area contributed by atoms with E-state index in [1.54, 1.807) is 0 Å². The van der Waals surface area contributed by atoms with Gasteiger partial charge in [0.1, 0.15) is 12.0 Å². The van der Waals surface area contributed by atoms with Gasteiger partial charge in [0.15, 0.2) is 6.29 Å². The average Bonchev–Trinajstić information content (AvgIpc) is 1.72. The highest BCUT2D eigenvalue weighted by Gasteiger charge is 1.81. The zero-order valence-corrected chi connectivity index (χ0v) is 3.66. The average molecular weight is 99.1 g/mol. The molecule has 0 saturated heterocycles.